The largest absolute Gasteiger partial charge is 0.465 e. The minimum atomic E-state index is -3.08. The van der Waals surface area contributed by atoms with Gasteiger partial charge in [0.2, 0.25) is 0 Å². The van der Waals surface area contributed by atoms with Crippen molar-refractivity contribution in [3.05, 3.63) is 12.2 Å². The Balaban J connectivity index is 1.78. The number of esters is 2. The maximum Gasteiger partial charge on any atom is 0.358 e. The molecule has 214 valence electrons. The number of rotatable bonds is 16. The van der Waals surface area contributed by atoms with Gasteiger partial charge in [0.15, 0.2) is 0 Å². The summed E-state index contributed by atoms with van der Waals surface area (Å²) >= 11 is 0. The third-order valence-electron chi connectivity index (χ3n) is 7.92. The molecular weight excluding hydrogens is 482 g/mol. The summed E-state index contributed by atoms with van der Waals surface area (Å²) in [6, 6.07) is 0. The Labute approximate surface area is 221 Å². The summed E-state index contributed by atoms with van der Waals surface area (Å²) in [6.07, 6.45) is 7.23. The second-order valence-corrected chi connectivity index (χ2v) is 11.2. The van der Waals surface area contributed by atoms with Crippen molar-refractivity contribution in [1.29, 1.82) is 0 Å². The van der Waals surface area contributed by atoms with Gasteiger partial charge in [-0.25, -0.2) is 4.79 Å². The van der Waals surface area contributed by atoms with Gasteiger partial charge in [0.25, 0.3) is 0 Å². The van der Waals surface area contributed by atoms with Crippen LogP contribution in [-0.4, -0.2) is 49.1 Å². The predicted octanol–water partition coefficient (Wildman–Crippen LogP) is 6.59. The molecule has 2 aliphatic rings. The van der Waals surface area contributed by atoms with Gasteiger partial charge in [0, 0.05) is 11.5 Å². The lowest BCUT2D eigenvalue weighted by Gasteiger charge is -2.37. The maximum atomic E-state index is 15.0. The molecule has 0 aromatic rings. The quantitative estimate of drug-likeness (QED) is 0.138. The molecule has 2 fully saturated rings. The molecule has 2 rings (SSSR count). The Morgan fingerprint density at radius 2 is 1.59 bits per heavy atom. The SMILES string of the molecule is C=C(C)C(=O)OCC(COC(=O)CCO)CC1CCC(OC(F)(F)C2CCC(CCCCC)CC2)CC1. The van der Waals surface area contributed by atoms with E-state index in [0.717, 1.165) is 32.1 Å². The summed E-state index contributed by atoms with van der Waals surface area (Å²) in [4.78, 5) is 23.5. The molecule has 6 nitrogen and oxygen atoms in total. The summed E-state index contributed by atoms with van der Waals surface area (Å²) in [7, 11) is 0. The van der Waals surface area contributed by atoms with Crippen LogP contribution in [0.25, 0.3) is 0 Å². The molecule has 0 aromatic heterocycles. The fraction of sp³-hybridized carbons (Fsp3) is 0.862. The molecule has 0 amide bonds. The number of alkyl halides is 2. The van der Waals surface area contributed by atoms with Gasteiger partial charge < -0.3 is 19.3 Å². The Kier molecular flexibility index (Phi) is 14.1. The molecular formula is C29H48F2O6. The Morgan fingerprint density at radius 3 is 2.19 bits per heavy atom. The molecule has 0 aromatic carbocycles. The molecule has 0 heterocycles. The summed E-state index contributed by atoms with van der Waals surface area (Å²) < 4.78 is 45.9. The number of hydrogen-bond acceptors (Lipinski definition) is 6. The second-order valence-electron chi connectivity index (χ2n) is 11.2. The van der Waals surface area contributed by atoms with Crippen LogP contribution in [0.3, 0.4) is 0 Å². The Bertz CT molecular complexity index is 697. The van der Waals surface area contributed by atoms with Gasteiger partial charge in [0.05, 0.1) is 38.3 Å². The van der Waals surface area contributed by atoms with Gasteiger partial charge >= 0.3 is 18.0 Å². The number of aliphatic hydroxyl groups is 1. The number of carbonyl (C=O) groups excluding carboxylic acids is 2. The van der Waals surface area contributed by atoms with E-state index < -0.39 is 30.1 Å². The van der Waals surface area contributed by atoms with E-state index in [9.17, 15) is 18.4 Å². The van der Waals surface area contributed by atoms with Crippen LogP contribution in [0.2, 0.25) is 0 Å². The van der Waals surface area contributed by atoms with Crippen LogP contribution in [-0.2, 0) is 23.8 Å². The summed E-state index contributed by atoms with van der Waals surface area (Å²) in [5.41, 5.74) is 0.291. The lowest BCUT2D eigenvalue weighted by molar-refractivity contribution is -0.302. The zero-order valence-electron chi connectivity index (χ0n) is 22.9. The van der Waals surface area contributed by atoms with Crippen LogP contribution in [0.15, 0.2) is 12.2 Å². The van der Waals surface area contributed by atoms with E-state index in [2.05, 4.69) is 13.5 Å². The standard InChI is InChI=1S/C29H48F2O6/c1-4-5-6-7-22-8-12-25(13-9-22)29(30,31)37-26-14-10-23(11-15-26)18-24(19-35-27(33)16-17-32)20-36-28(34)21(2)3/h22-26,32H,2,4-20H2,1,3H3. The van der Waals surface area contributed by atoms with Crippen LogP contribution in [0, 0.1) is 23.7 Å². The summed E-state index contributed by atoms with van der Waals surface area (Å²) in [6.45, 7) is 7.20. The number of ether oxygens (including phenoxy) is 3. The molecule has 2 aliphatic carbocycles. The normalized spacial score (nSPS) is 25.3. The second kappa shape index (κ2) is 16.4. The molecule has 0 radical (unpaired) electrons. The average molecular weight is 531 g/mol. The average Bonchev–Trinajstić information content (AvgIpc) is 2.87. The molecule has 1 atom stereocenters. The van der Waals surface area contributed by atoms with Crippen molar-refractivity contribution in [3.8, 4) is 0 Å². The topological polar surface area (TPSA) is 82.1 Å². The number of halogens is 2. The van der Waals surface area contributed by atoms with E-state index >= 15 is 0 Å². The van der Waals surface area contributed by atoms with Crippen molar-refractivity contribution in [1.82, 2.24) is 0 Å². The fourth-order valence-corrected chi connectivity index (χ4v) is 5.62. The minimum Gasteiger partial charge on any atom is -0.465 e. The highest BCUT2D eigenvalue weighted by Gasteiger charge is 2.44. The van der Waals surface area contributed by atoms with Crippen molar-refractivity contribution in [2.75, 3.05) is 19.8 Å². The van der Waals surface area contributed by atoms with Gasteiger partial charge in [-0.05, 0) is 76.5 Å². The molecule has 0 spiro atoms. The summed E-state index contributed by atoms with van der Waals surface area (Å²) in [5.74, 6) is -1.07. The highest BCUT2D eigenvalue weighted by molar-refractivity contribution is 5.86. The molecule has 1 unspecified atom stereocenters. The van der Waals surface area contributed by atoms with Gasteiger partial charge in [-0.1, -0.05) is 39.2 Å². The smallest absolute Gasteiger partial charge is 0.358 e. The van der Waals surface area contributed by atoms with E-state index in [-0.39, 0.29) is 38.1 Å². The van der Waals surface area contributed by atoms with E-state index in [0.29, 0.717) is 43.6 Å². The van der Waals surface area contributed by atoms with E-state index in [4.69, 9.17) is 19.3 Å². The lowest BCUT2D eigenvalue weighted by Crippen LogP contribution is -2.39. The molecule has 0 bridgehead atoms. The minimum absolute atomic E-state index is 0.0813. The van der Waals surface area contributed by atoms with Crippen LogP contribution >= 0.6 is 0 Å². The first-order valence-corrected chi connectivity index (χ1v) is 14.3. The molecule has 0 aliphatic heterocycles. The van der Waals surface area contributed by atoms with E-state index in [1.165, 1.54) is 19.3 Å². The first-order valence-electron chi connectivity index (χ1n) is 14.3. The van der Waals surface area contributed by atoms with Crippen LogP contribution in [0.1, 0.15) is 104 Å². The van der Waals surface area contributed by atoms with Crippen LogP contribution in [0.4, 0.5) is 8.78 Å². The zero-order valence-corrected chi connectivity index (χ0v) is 22.9. The van der Waals surface area contributed by atoms with Gasteiger partial charge in [-0.15, -0.1) is 0 Å². The van der Waals surface area contributed by atoms with Crippen molar-refractivity contribution in [2.24, 2.45) is 23.7 Å². The van der Waals surface area contributed by atoms with E-state index in [1.807, 2.05) is 0 Å². The molecule has 8 heteroatoms. The Hall–Kier alpha value is -1.54. The van der Waals surface area contributed by atoms with Crippen LogP contribution in [0.5, 0.6) is 0 Å². The predicted molar refractivity (Wildman–Crippen MR) is 138 cm³/mol. The molecule has 2 saturated carbocycles. The van der Waals surface area contributed by atoms with Gasteiger partial charge in [0.1, 0.15) is 0 Å². The highest BCUT2D eigenvalue weighted by atomic mass is 19.3. The van der Waals surface area contributed by atoms with Crippen molar-refractivity contribution >= 4 is 11.9 Å². The first kappa shape index (κ1) is 31.7. The zero-order chi connectivity index (χ0) is 27.3. The number of carbonyl (C=O) groups is 2. The van der Waals surface area contributed by atoms with Gasteiger partial charge in [-0.2, -0.15) is 8.78 Å². The van der Waals surface area contributed by atoms with Crippen molar-refractivity contribution in [2.45, 2.75) is 116 Å². The lowest BCUT2D eigenvalue weighted by atomic mass is 9.79. The van der Waals surface area contributed by atoms with Crippen molar-refractivity contribution in [3.63, 3.8) is 0 Å². The third-order valence-corrected chi connectivity index (χ3v) is 7.92. The van der Waals surface area contributed by atoms with Crippen molar-refractivity contribution < 1.29 is 37.7 Å². The Morgan fingerprint density at radius 1 is 0.973 bits per heavy atom. The molecule has 1 N–H and O–H groups in total. The first-order chi connectivity index (χ1) is 17.6. The summed E-state index contributed by atoms with van der Waals surface area (Å²) in [5, 5.41) is 8.89. The molecule has 37 heavy (non-hydrogen) atoms. The third kappa shape index (κ3) is 11.8. The van der Waals surface area contributed by atoms with Gasteiger partial charge in [-0.3, -0.25) is 4.79 Å². The number of hydrogen-bond donors (Lipinski definition) is 1. The van der Waals surface area contributed by atoms with Crippen LogP contribution < -0.4 is 0 Å². The highest BCUT2D eigenvalue weighted by Crippen LogP contribution is 2.43. The monoisotopic (exact) mass is 530 g/mol. The fourth-order valence-electron chi connectivity index (χ4n) is 5.62. The number of aliphatic hydroxyl groups excluding tert-OH is 1. The maximum absolute atomic E-state index is 15.0. The number of unbranched alkanes of at least 4 members (excludes halogenated alkanes) is 2. The molecule has 0 saturated heterocycles. The van der Waals surface area contributed by atoms with E-state index in [1.54, 1.807) is 6.92 Å².